The van der Waals surface area contributed by atoms with Crippen molar-refractivity contribution >= 4 is 16.9 Å². The first-order valence-electron chi connectivity index (χ1n) is 13.5. The van der Waals surface area contributed by atoms with Gasteiger partial charge in [0, 0.05) is 17.3 Å². The molecule has 38 heavy (non-hydrogen) atoms. The number of fused-ring (bicyclic) bond motifs is 6. The van der Waals surface area contributed by atoms with E-state index in [0.717, 1.165) is 6.42 Å². The molecule has 0 bridgehead atoms. The van der Waals surface area contributed by atoms with Gasteiger partial charge >= 0.3 is 0 Å². The molecule has 3 aliphatic rings. The summed E-state index contributed by atoms with van der Waals surface area (Å²) in [6.07, 6.45) is 8.24. The summed E-state index contributed by atoms with van der Waals surface area (Å²) in [7, 11) is 0. The zero-order valence-corrected chi connectivity index (χ0v) is 21.1. The predicted molar refractivity (Wildman–Crippen MR) is 159 cm³/mol. The summed E-state index contributed by atoms with van der Waals surface area (Å²) >= 11 is 0. The van der Waals surface area contributed by atoms with Crippen molar-refractivity contribution in [2.24, 2.45) is 0 Å². The third kappa shape index (κ3) is 3.32. The van der Waals surface area contributed by atoms with Crippen LogP contribution < -0.4 is 4.90 Å². The number of allylic oxidation sites excluding steroid dienone is 2. The van der Waals surface area contributed by atoms with Crippen LogP contribution in [0.4, 0.5) is 11.4 Å². The normalized spacial score (nSPS) is 18.4. The number of hydrogen-bond acceptors (Lipinski definition) is 1. The highest BCUT2D eigenvalue weighted by molar-refractivity contribution is 5.87. The molecule has 180 valence electrons. The monoisotopic (exact) mass is 485 g/mol. The van der Waals surface area contributed by atoms with E-state index in [9.17, 15) is 0 Å². The Bertz CT molecular complexity index is 1740. The van der Waals surface area contributed by atoms with Crippen LogP contribution in [0, 0.1) is 0 Å². The molecule has 0 saturated heterocycles. The van der Waals surface area contributed by atoms with Crippen LogP contribution in [0.1, 0.15) is 28.2 Å². The summed E-state index contributed by atoms with van der Waals surface area (Å²) in [6.45, 7) is 0. The van der Waals surface area contributed by atoms with Gasteiger partial charge in [0.2, 0.25) is 0 Å². The minimum Gasteiger partial charge on any atom is -0.333 e. The van der Waals surface area contributed by atoms with Crippen molar-refractivity contribution in [3.8, 4) is 22.3 Å². The van der Waals surface area contributed by atoms with Crippen LogP contribution in [0.3, 0.4) is 0 Å². The third-order valence-electron chi connectivity index (χ3n) is 8.42. The van der Waals surface area contributed by atoms with Gasteiger partial charge in [-0.15, -0.1) is 0 Å². The van der Waals surface area contributed by atoms with Crippen LogP contribution in [-0.2, 0) is 6.42 Å². The van der Waals surface area contributed by atoms with E-state index in [0.29, 0.717) is 12.0 Å². The first kappa shape index (κ1) is 21.5. The Morgan fingerprint density at radius 2 is 1.24 bits per heavy atom. The molecule has 5 aromatic carbocycles. The lowest BCUT2D eigenvalue weighted by atomic mass is 9.85. The van der Waals surface area contributed by atoms with Gasteiger partial charge in [0.1, 0.15) is 0 Å². The third-order valence-corrected chi connectivity index (χ3v) is 8.42. The topological polar surface area (TPSA) is 3.24 Å². The second-order valence-electron chi connectivity index (χ2n) is 10.5. The van der Waals surface area contributed by atoms with E-state index in [4.69, 9.17) is 0 Å². The zero-order valence-electron chi connectivity index (χ0n) is 21.1. The van der Waals surface area contributed by atoms with Crippen molar-refractivity contribution in [2.75, 3.05) is 4.90 Å². The van der Waals surface area contributed by atoms with Gasteiger partial charge in [0.15, 0.2) is 0 Å². The molecule has 1 aliphatic heterocycles. The fraction of sp³-hybridized carbons (Fsp3) is 0.0811. The molecular formula is C37H27N. The molecule has 5 aromatic rings. The Hall–Kier alpha value is -4.62. The van der Waals surface area contributed by atoms with Gasteiger partial charge in [-0.1, -0.05) is 109 Å². The first-order chi connectivity index (χ1) is 18.8. The van der Waals surface area contributed by atoms with Gasteiger partial charge in [0.05, 0.1) is 6.04 Å². The van der Waals surface area contributed by atoms with Crippen LogP contribution in [0.2, 0.25) is 0 Å². The average molecular weight is 486 g/mol. The smallest absolute Gasteiger partial charge is 0.0630 e. The molecule has 0 aromatic heterocycles. The molecule has 1 heterocycles. The van der Waals surface area contributed by atoms with E-state index in [-0.39, 0.29) is 0 Å². The largest absolute Gasteiger partial charge is 0.333 e. The Morgan fingerprint density at radius 3 is 2.03 bits per heavy atom. The van der Waals surface area contributed by atoms with Gasteiger partial charge in [0.25, 0.3) is 0 Å². The average Bonchev–Trinajstić information content (AvgIpc) is 3.52. The van der Waals surface area contributed by atoms with Crippen molar-refractivity contribution in [1.29, 1.82) is 0 Å². The van der Waals surface area contributed by atoms with E-state index >= 15 is 0 Å². The Balaban J connectivity index is 1.18. The van der Waals surface area contributed by atoms with Crippen molar-refractivity contribution < 1.29 is 0 Å². The summed E-state index contributed by atoms with van der Waals surface area (Å²) in [5.41, 5.74) is 14.7. The predicted octanol–water partition coefficient (Wildman–Crippen LogP) is 9.18. The highest BCUT2D eigenvalue weighted by Gasteiger charge is 2.38. The van der Waals surface area contributed by atoms with Crippen molar-refractivity contribution in [3.63, 3.8) is 0 Å². The molecule has 8 rings (SSSR count). The zero-order chi connectivity index (χ0) is 25.1. The summed E-state index contributed by atoms with van der Waals surface area (Å²) in [4.78, 5) is 2.49. The molecule has 0 N–H and O–H groups in total. The fourth-order valence-electron chi connectivity index (χ4n) is 6.59. The Morgan fingerprint density at radius 1 is 0.579 bits per heavy atom. The second kappa shape index (κ2) is 8.46. The summed E-state index contributed by atoms with van der Waals surface area (Å²) < 4.78 is 0. The molecule has 2 aliphatic carbocycles. The van der Waals surface area contributed by atoms with Gasteiger partial charge in [-0.25, -0.2) is 0 Å². The minimum absolute atomic E-state index is 0.294. The minimum atomic E-state index is 0.294. The number of benzene rings is 5. The Kier molecular flexibility index (Phi) is 4.78. The molecule has 0 spiro atoms. The summed E-state index contributed by atoms with van der Waals surface area (Å²) in [6, 6.07) is 44.7. The number of para-hydroxylation sites is 2. The maximum atomic E-state index is 2.49. The number of rotatable bonds is 3. The molecule has 1 nitrogen and oxygen atoms in total. The molecule has 0 saturated carbocycles. The highest BCUT2D eigenvalue weighted by Crippen LogP contribution is 2.49. The van der Waals surface area contributed by atoms with Crippen molar-refractivity contribution in [2.45, 2.75) is 18.4 Å². The molecule has 2 atom stereocenters. The van der Waals surface area contributed by atoms with Crippen molar-refractivity contribution in [3.05, 3.63) is 162 Å². The van der Waals surface area contributed by atoms with Crippen LogP contribution in [-0.4, -0.2) is 6.04 Å². The van der Waals surface area contributed by atoms with Gasteiger partial charge in [-0.2, -0.15) is 0 Å². The van der Waals surface area contributed by atoms with Crippen LogP contribution in [0.5, 0.6) is 0 Å². The van der Waals surface area contributed by atoms with E-state index in [2.05, 4.69) is 144 Å². The lowest BCUT2D eigenvalue weighted by Crippen LogP contribution is -2.28. The molecule has 0 amide bonds. The molecule has 1 heteroatoms. The van der Waals surface area contributed by atoms with Gasteiger partial charge in [-0.3, -0.25) is 0 Å². The Labute approximate surface area is 224 Å². The quantitative estimate of drug-likeness (QED) is 0.241. The first-order valence-corrected chi connectivity index (χ1v) is 13.5. The lowest BCUT2D eigenvalue weighted by Gasteiger charge is -2.29. The van der Waals surface area contributed by atoms with Gasteiger partial charge < -0.3 is 4.90 Å². The molecule has 0 radical (unpaired) electrons. The molecular weight excluding hydrogens is 458 g/mol. The van der Waals surface area contributed by atoms with Gasteiger partial charge in [-0.05, 0) is 86.8 Å². The maximum Gasteiger partial charge on any atom is 0.0630 e. The van der Waals surface area contributed by atoms with Crippen molar-refractivity contribution in [1.82, 2.24) is 0 Å². The number of nitrogens with zero attached hydrogens (tertiary/aromatic N) is 1. The lowest BCUT2D eigenvalue weighted by molar-refractivity contribution is 0.747. The van der Waals surface area contributed by atoms with Crippen LogP contribution >= 0.6 is 0 Å². The second-order valence-corrected chi connectivity index (χ2v) is 10.5. The summed E-state index contributed by atoms with van der Waals surface area (Å²) in [5.74, 6) is 0.330. The van der Waals surface area contributed by atoms with Crippen LogP contribution in [0.15, 0.2) is 140 Å². The fourth-order valence-corrected chi connectivity index (χ4v) is 6.59. The molecule has 2 unspecified atom stereocenters. The van der Waals surface area contributed by atoms with Crippen LogP contribution in [0.25, 0.3) is 27.8 Å². The number of hydrogen-bond donors (Lipinski definition) is 0. The maximum absolute atomic E-state index is 2.49. The molecule has 0 fully saturated rings. The number of anilines is 2. The van der Waals surface area contributed by atoms with E-state index in [1.807, 2.05) is 0 Å². The SMILES string of the molecule is C1=CC2C(C=C1c1ccc3c(c1)-c1cc(-c4ccccc4)ccc1C3)c1ccccc1N2c1ccccc1. The highest BCUT2D eigenvalue weighted by atomic mass is 15.2. The van der Waals surface area contributed by atoms with E-state index < -0.39 is 0 Å². The van der Waals surface area contributed by atoms with E-state index in [1.54, 1.807) is 0 Å². The van der Waals surface area contributed by atoms with E-state index in [1.165, 1.54) is 61.5 Å². The summed E-state index contributed by atoms with van der Waals surface area (Å²) in [5, 5.41) is 0. The standard InChI is InChI=1S/C37H27N/c1-3-9-25(10-4-1)26-15-17-29-21-30-18-16-27(23-34(30)33(29)22-26)28-19-20-37-35(24-28)32-13-7-8-14-36(32)38(37)31-11-5-2-6-12-31/h1-20,22-24,35,37H,21H2.